The molecule has 1 aliphatic rings. The van der Waals surface area contributed by atoms with Crippen LogP contribution in [0.1, 0.15) is 19.3 Å². The number of carbonyl (C=O) groups is 1. The average Bonchev–Trinajstić information content (AvgIpc) is 2.14. The lowest BCUT2D eigenvalue weighted by molar-refractivity contribution is -0.139. The monoisotopic (exact) mass is 244 g/mol. The SMILES string of the molecule is CN1CCCC(CN(C)CC(O)CC(=O)O)C1. The first-order chi connectivity index (χ1) is 7.97. The molecule has 2 unspecified atom stereocenters. The highest BCUT2D eigenvalue weighted by atomic mass is 16.4. The van der Waals surface area contributed by atoms with E-state index < -0.39 is 12.1 Å². The van der Waals surface area contributed by atoms with Crippen LogP contribution in [-0.4, -0.2) is 72.4 Å². The first-order valence-corrected chi connectivity index (χ1v) is 6.24. The molecule has 0 radical (unpaired) electrons. The Hall–Kier alpha value is -0.650. The number of carboxylic acid groups (broad SMARTS) is 1. The predicted molar refractivity (Wildman–Crippen MR) is 66.0 cm³/mol. The second-order valence-electron chi connectivity index (χ2n) is 5.24. The molecular formula is C12H24N2O3. The lowest BCUT2D eigenvalue weighted by atomic mass is 9.98. The first-order valence-electron chi connectivity index (χ1n) is 6.24. The number of piperidine rings is 1. The second kappa shape index (κ2) is 6.93. The molecule has 1 saturated heterocycles. The minimum Gasteiger partial charge on any atom is -0.481 e. The maximum Gasteiger partial charge on any atom is 0.306 e. The predicted octanol–water partition coefficient (Wildman–Crippen LogP) is 0.0956. The number of hydrogen-bond acceptors (Lipinski definition) is 4. The summed E-state index contributed by atoms with van der Waals surface area (Å²) in [5.74, 6) is -0.306. The smallest absolute Gasteiger partial charge is 0.306 e. The van der Waals surface area contributed by atoms with Crippen molar-refractivity contribution in [3.8, 4) is 0 Å². The normalized spacial score (nSPS) is 23.9. The molecule has 100 valence electrons. The maximum atomic E-state index is 10.4. The molecule has 17 heavy (non-hydrogen) atoms. The van der Waals surface area contributed by atoms with Gasteiger partial charge in [-0.2, -0.15) is 0 Å². The van der Waals surface area contributed by atoms with Gasteiger partial charge in [0.15, 0.2) is 0 Å². The Morgan fingerprint density at radius 3 is 2.88 bits per heavy atom. The number of rotatable bonds is 6. The van der Waals surface area contributed by atoms with E-state index >= 15 is 0 Å². The fourth-order valence-electron chi connectivity index (χ4n) is 2.56. The standard InChI is InChI=1S/C12H24N2O3/c1-13-5-3-4-10(7-13)8-14(2)9-11(15)6-12(16)17/h10-11,15H,3-9H2,1-2H3,(H,16,17). The highest BCUT2D eigenvalue weighted by Gasteiger charge is 2.20. The fraction of sp³-hybridized carbons (Fsp3) is 0.917. The van der Waals surface area contributed by atoms with Gasteiger partial charge in [-0.25, -0.2) is 0 Å². The molecule has 0 saturated carbocycles. The van der Waals surface area contributed by atoms with Crippen LogP contribution in [0, 0.1) is 5.92 Å². The van der Waals surface area contributed by atoms with Crippen LogP contribution in [0.15, 0.2) is 0 Å². The van der Waals surface area contributed by atoms with Crippen molar-refractivity contribution in [3.05, 3.63) is 0 Å². The molecule has 2 atom stereocenters. The van der Waals surface area contributed by atoms with Crippen LogP contribution in [0.3, 0.4) is 0 Å². The van der Waals surface area contributed by atoms with Crippen LogP contribution in [-0.2, 0) is 4.79 Å². The molecule has 0 aromatic rings. The van der Waals surface area contributed by atoms with Crippen molar-refractivity contribution in [1.29, 1.82) is 0 Å². The van der Waals surface area contributed by atoms with Crippen molar-refractivity contribution in [2.75, 3.05) is 40.3 Å². The van der Waals surface area contributed by atoms with Crippen molar-refractivity contribution in [2.24, 2.45) is 5.92 Å². The Morgan fingerprint density at radius 2 is 2.29 bits per heavy atom. The van der Waals surface area contributed by atoms with E-state index in [1.54, 1.807) is 0 Å². The highest BCUT2D eigenvalue weighted by molar-refractivity contribution is 5.67. The van der Waals surface area contributed by atoms with Gasteiger partial charge < -0.3 is 20.0 Å². The summed E-state index contributed by atoms with van der Waals surface area (Å²) < 4.78 is 0. The molecule has 5 heteroatoms. The quantitative estimate of drug-likeness (QED) is 0.693. The van der Waals surface area contributed by atoms with Gasteiger partial charge in [-0.3, -0.25) is 4.79 Å². The van der Waals surface area contributed by atoms with Crippen LogP contribution in [0.25, 0.3) is 0 Å². The topological polar surface area (TPSA) is 64.0 Å². The van der Waals surface area contributed by atoms with Crippen molar-refractivity contribution in [3.63, 3.8) is 0 Å². The van der Waals surface area contributed by atoms with Crippen molar-refractivity contribution >= 4 is 5.97 Å². The Labute approximate surface area is 103 Å². The molecule has 1 heterocycles. The number of likely N-dealkylation sites (tertiary alicyclic amines) is 1. The third-order valence-electron chi connectivity index (χ3n) is 3.22. The van der Waals surface area contributed by atoms with E-state index in [-0.39, 0.29) is 6.42 Å². The summed E-state index contributed by atoms with van der Waals surface area (Å²) in [6.07, 6.45) is 1.52. The molecule has 0 spiro atoms. The van der Waals surface area contributed by atoms with Gasteiger partial charge >= 0.3 is 5.97 Å². The number of aliphatic carboxylic acids is 1. The van der Waals surface area contributed by atoms with Gasteiger partial charge in [0.25, 0.3) is 0 Å². The lowest BCUT2D eigenvalue weighted by Crippen LogP contribution is -2.40. The Kier molecular flexibility index (Phi) is 5.88. The van der Waals surface area contributed by atoms with E-state index in [4.69, 9.17) is 5.11 Å². The molecular weight excluding hydrogens is 220 g/mol. The minimum absolute atomic E-state index is 0.172. The number of carboxylic acids is 1. The van der Waals surface area contributed by atoms with Gasteiger partial charge in [-0.05, 0) is 39.4 Å². The Bertz CT molecular complexity index is 248. The molecule has 1 fully saturated rings. The van der Waals surface area contributed by atoms with E-state index in [9.17, 15) is 9.90 Å². The van der Waals surface area contributed by atoms with Gasteiger partial charge in [-0.1, -0.05) is 0 Å². The van der Waals surface area contributed by atoms with Gasteiger partial charge in [0.05, 0.1) is 12.5 Å². The van der Waals surface area contributed by atoms with Crippen LogP contribution in [0.5, 0.6) is 0 Å². The van der Waals surface area contributed by atoms with Gasteiger partial charge in [0.1, 0.15) is 0 Å². The van der Waals surface area contributed by atoms with Gasteiger partial charge in [0.2, 0.25) is 0 Å². The van der Waals surface area contributed by atoms with Crippen molar-refractivity contribution in [2.45, 2.75) is 25.4 Å². The van der Waals surface area contributed by atoms with Crippen molar-refractivity contribution in [1.82, 2.24) is 9.80 Å². The molecule has 2 N–H and O–H groups in total. The number of aliphatic hydroxyl groups excluding tert-OH is 1. The van der Waals surface area contributed by atoms with E-state index in [0.29, 0.717) is 12.5 Å². The zero-order chi connectivity index (χ0) is 12.8. The Balaban J connectivity index is 2.23. The summed E-state index contributed by atoms with van der Waals surface area (Å²) in [7, 11) is 4.07. The van der Waals surface area contributed by atoms with Gasteiger partial charge in [0, 0.05) is 19.6 Å². The maximum absolute atomic E-state index is 10.4. The van der Waals surface area contributed by atoms with Crippen LogP contribution >= 0.6 is 0 Å². The van der Waals surface area contributed by atoms with E-state index in [2.05, 4.69) is 11.9 Å². The highest BCUT2D eigenvalue weighted by Crippen LogP contribution is 2.16. The summed E-state index contributed by atoms with van der Waals surface area (Å²) in [5.41, 5.74) is 0. The zero-order valence-corrected chi connectivity index (χ0v) is 10.8. The number of nitrogens with zero attached hydrogens (tertiary/aromatic N) is 2. The van der Waals surface area contributed by atoms with E-state index in [0.717, 1.165) is 13.1 Å². The Morgan fingerprint density at radius 1 is 1.59 bits per heavy atom. The average molecular weight is 244 g/mol. The summed E-state index contributed by atoms with van der Waals surface area (Å²) in [4.78, 5) is 14.8. The third kappa shape index (κ3) is 6.00. The summed E-state index contributed by atoms with van der Waals surface area (Å²) >= 11 is 0. The lowest BCUT2D eigenvalue weighted by Gasteiger charge is -2.32. The van der Waals surface area contributed by atoms with E-state index in [1.165, 1.54) is 19.4 Å². The summed E-state index contributed by atoms with van der Waals surface area (Å²) in [5, 5.41) is 18.1. The number of hydrogen-bond donors (Lipinski definition) is 2. The molecule has 5 nitrogen and oxygen atoms in total. The third-order valence-corrected chi connectivity index (χ3v) is 3.22. The fourth-order valence-corrected chi connectivity index (χ4v) is 2.56. The molecule has 0 aromatic carbocycles. The van der Waals surface area contributed by atoms with E-state index in [1.807, 2.05) is 11.9 Å². The molecule has 0 bridgehead atoms. The molecule has 1 rings (SSSR count). The van der Waals surface area contributed by atoms with Crippen molar-refractivity contribution < 1.29 is 15.0 Å². The van der Waals surface area contributed by atoms with Gasteiger partial charge in [-0.15, -0.1) is 0 Å². The molecule has 0 aliphatic carbocycles. The summed E-state index contributed by atoms with van der Waals surface area (Å²) in [6, 6.07) is 0. The summed E-state index contributed by atoms with van der Waals surface area (Å²) in [6.45, 7) is 3.63. The van der Waals surface area contributed by atoms with Crippen LogP contribution in [0.4, 0.5) is 0 Å². The number of likely N-dealkylation sites (N-methyl/N-ethyl adjacent to an activating group) is 1. The zero-order valence-electron chi connectivity index (χ0n) is 10.8. The van der Waals surface area contributed by atoms with Crippen LogP contribution in [0.2, 0.25) is 0 Å². The second-order valence-corrected chi connectivity index (χ2v) is 5.24. The first kappa shape index (κ1) is 14.4. The molecule has 1 aliphatic heterocycles. The largest absolute Gasteiger partial charge is 0.481 e. The number of aliphatic hydroxyl groups is 1. The molecule has 0 aromatic heterocycles. The van der Waals surface area contributed by atoms with Crippen LogP contribution < -0.4 is 0 Å². The molecule has 0 amide bonds. The minimum atomic E-state index is -0.941.